The molecule has 4 rings (SSSR count). The first-order chi connectivity index (χ1) is 11.4. The zero-order chi connectivity index (χ0) is 15.5. The van der Waals surface area contributed by atoms with E-state index in [9.17, 15) is 0 Å². The number of rotatable bonds is 6. The molecule has 0 saturated carbocycles. The molecule has 0 atom stereocenters. The van der Waals surface area contributed by atoms with E-state index in [2.05, 4.69) is 20.4 Å². The molecule has 0 N–H and O–H groups in total. The molecule has 7 nitrogen and oxygen atoms in total. The smallest absolute Gasteiger partial charge is 0.257 e. The molecule has 0 aliphatic carbocycles. The summed E-state index contributed by atoms with van der Waals surface area (Å²) in [7, 11) is 0. The number of hydrogen-bond acceptors (Lipinski definition) is 8. The van der Waals surface area contributed by atoms with Crippen LogP contribution in [0.25, 0.3) is 10.8 Å². The van der Waals surface area contributed by atoms with Gasteiger partial charge in [-0.25, -0.2) is 0 Å². The molecular weight excluding hydrogens is 334 g/mol. The highest BCUT2D eigenvalue weighted by molar-refractivity contribution is 7.98. The number of hydrogen-bond donors (Lipinski definition) is 0. The molecule has 0 aliphatic rings. The van der Waals surface area contributed by atoms with Crippen LogP contribution in [0.5, 0.6) is 0 Å². The molecular formula is C14H11N5O2S2. The minimum atomic E-state index is 0.537. The molecule has 23 heavy (non-hydrogen) atoms. The zero-order valence-corrected chi connectivity index (χ0v) is 13.5. The molecule has 116 valence electrons. The lowest BCUT2D eigenvalue weighted by molar-refractivity contribution is 0.484. The maximum Gasteiger partial charge on any atom is 0.257 e. The van der Waals surface area contributed by atoms with Crippen molar-refractivity contribution in [2.75, 3.05) is 0 Å². The summed E-state index contributed by atoms with van der Waals surface area (Å²) in [5, 5.41) is 18.9. The van der Waals surface area contributed by atoms with E-state index in [1.165, 1.54) is 11.8 Å². The Morgan fingerprint density at radius 3 is 3.00 bits per heavy atom. The van der Waals surface area contributed by atoms with E-state index in [0.717, 1.165) is 15.8 Å². The van der Waals surface area contributed by atoms with Crippen molar-refractivity contribution in [1.82, 2.24) is 25.0 Å². The van der Waals surface area contributed by atoms with Gasteiger partial charge >= 0.3 is 0 Å². The summed E-state index contributed by atoms with van der Waals surface area (Å²) in [5.74, 6) is 2.50. The highest BCUT2D eigenvalue weighted by atomic mass is 32.2. The van der Waals surface area contributed by atoms with Crippen molar-refractivity contribution in [3.63, 3.8) is 0 Å². The highest BCUT2D eigenvalue weighted by Gasteiger charge is 2.12. The lowest BCUT2D eigenvalue weighted by atomic mass is 10.4. The van der Waals surface area contributed by atoms with Crippen LogP contribution in [0, 0.1) is 0 Å². The van der Waals surface area contributed by atoms with Gasteiger partial charge in [-0.05, 0) is 23.6 Å². The van der Waals surface area contributed by atoms with Crippen molar-refractivity contribution in [1.29, 1.82) is 0 Å². The second-order valence-electron chi connectivity index (χ2n) is 4.59. The van der Waals surface area contributed by atoms with Crippen LogP contribution in [0.1, 0.15) is 11.7 Å². The van der Waals surface area contributed by atoms with Gasteiger partial charge in [0.05, 0.1) is 23.4 Å². The first-order valence-electron chi connectivity index (χ1n) is 6.78. The molecule has 4 aromatic rings. The Labute approximate surface area is 139 Å². The number of thiophene rings is 1. The van der Waals surface area contributed by atoms with Gasteiger partial charge < -0.3 is 13.4 Å². The van der Waals surface area contributed by atoms with E-state index < -0.39 is 0 Å². The third-order valence-corrected chi connectivity index (χ3v) is 4.83. The van der Waals surface area contributed by atoms with E-state index in [4.69, 9.17) is 8.83 Å². The summed E-state index contributed by atoms with van der Waals surface area (Å²) in [5.41, 5.74) is 0. The summed E-state index contributed by atoms with van der Waals surface area (Å²) < 4.78 is 12.9. The van der Waals surface area contributed by atoms with Crippen molar-refractivity contribution in [2.24, 2.45) is 0 Å². The summed E-state index contributed by atoms with van der Waals surface area (Å²) in [6.45, 7) is 0.590. The molecule has 0 saturated heterocycles. The number of nitrogens with zero attached hydrogens (tertiary/aromatic N) is 5. The van der Waals surface area contributed by atoms with Crippen molar-refractivity contribution in [3.8, 4) is 10.8 Å². The van der Waals surface area contributed by atoms with Crippen LogP contribution < -0.4 is 0 Å². The third-order valence-electron chi connectivity index (χ3n) is 3.01. The summed E-state index contributed by atoms with van der Waals surface area (Å²) in [6.07, 6.45) is 3.33. The van der Waals surface area contributed by atoms with E-state index in [-0.39, 0.29) is 0 Å². The molecule has 0 amide bonds. The van der Waals surface area contributed by atoms with Gasteiger partial charge in [0.2, 0.25) is 5.89 Å². The first-order valence-corrected chi connectivity index (χ1v) is 8.64. The molecule has 4 aromatic heterocycles. The van der Waals surface area contributed by atoms with E-state index >= 15 is 0 Å². The van der Waals surface area contributed by atoms with Gasteiger partial charge in [-0.1, -0.05) is 17.8 Å². The second-order valence-corrected chi connectivity index (χ2v) is 6.48. The van der Waals surface area contributed by atoms with E-state index in [0.29, 0.717) is 24.1 Å². The molecule has 0 unspecified atom stereocenters. The van der Waals surface area contributed by atoms with Gasteiger partial charge in [0.15, 0.2) is 5.16 Å². The predicted molar refractivity (Wildman–Crippen MR) is 85.0 cm³/mol. The van der Waals surface area contributed by atoms with Gasteiger partial charge in [-0.3, -0.25) is 0 Å². The van der Waals surface area contributed by atoms with Crippen molar-refractivity contribution >= 4 is 23.1 Å². The molecule has 0 aliphatic heterocycles. The molecule has 0 bridgehead atoms. The molecule has 0 spiro atoms. The number of aromatic nitrogens is 5. The fourth-order valence-corrected chi connectivity index (χ4v) is 3.37. The van der Waals surface area contributed by atoms with Crippen LogP contribution in [0.2, 0.25) is 0 Å². The lowest BCUT2D eigenvalue weighted by Crippen LogP contribution is -1.99. The van der Waals surface area contributed by atoms with Crippen LogP contribution in [0.15, 0.2) is 56.2 Å². The van der Waals surface area contributed by atoms with Crippen LogP contribution in [-0.4, -0.2) is 25.0 Å². The Morgan fingerprint density at radius 2 is 2.17 bits per heavy atom. The van der Waals surface area contributed by atoms with E-state index in [1.807, 2.05) is 34.2 Å². The Kier molecular flexibility index (Phi) is 3.95. The second kappa shape index (κ2) is 6.39. The van der Waals surface area contributed by atoms with Crippen LogP contribution in [0.4, 0.5) is 0 Å². The summed E-state index contributed by atoms with van der Waals surface area (Å²) >= 11 is 3.06. The Morgan fingerprint density at radius 1 is 1.17 bits per heavy atom. The Balaban J connectivity index is 1.43. The largest absolute Gasteiger partial charge is 0.467 e. The fourth-order valence-electron chi connectivity index (χ4n) is 1.97. The summed E-state index contributed by atoms with van der Waals surface area (Å²) in [4.78, 5) is 0.967. The quantitative estimate of drug-likeness (QED) is 0.496. The highest BCUT2D eigenvalue weighted by Crippen LogP contribution is 2.26. The third kappa shape index (κ3) is 3.20. The zero-order valence-electron chi connectivity index (χ0n) is 11.8. The molecule has 0 aromatic carbocycles. The first kappa shape index (κ1) is 14.2. The van der Waals surface area contributed by atoms with Gasteiger partial charge in [-0.2, -0.15) is 0 Å². The monoisotopic (exact) mass is 345 g/mol. The van der Waals surface area contributed by atoms with Gasteiger partial charge in [0, 0.05) is 0 Å². The maximum absolute atomic E-state index is 5.66. The molecule has 0 radical (unpaired) electrons. The minimum Gasteiger partial charge on any atom is -0.467 e. The standard InChI is InChI=1S/C14H11N5O2S2/c1-3-10(20-5-1)7-19-9-15-18-14(19)23-8-12-16-17-13(21-12)11-4-2-6-22-11/h1-6,9H,7-8H2. The topological polar surface area (TPSA) is 82.8 Å². The van der Waals surface area contributed by atoms with Gasteiger partial charge in [0.25, 0.3) is 5.89 Å². The molecule has 4 heterocycles. The van der Waals surface area contributed by atoms with Crippen molar-refractivity contribution in [2.45, 2.75) is 17.5 Å². The maximum atomic E-state index is 5.66. The molecule has 9 heteroatoms. The SMILES string of the molecule is c1coc(Cn2cnnc2SCc2nnc(-c3cccs3)o2)c1. The van der Waals surface area contributed by atoms with Gasteiger partial charge in [-0.15, -0.1) is 31.7 Å². The molecule has 0 fully saturated rings. The van der Waals surface area contributed by atoms with Crippen molar-refractivity contribution < 1.29 is 8.83 Å². The lowest BCUT2D eigenvalue weighted by Gasteiger charge is -2.02. The van der Waals surface area contributed by atoms with Crippen molar-refractivity contribution in [3.05, 3.63) is 53.9 Å². The summed E-state index contributed by atoms with van der Waals surface area (Å²) in [6, 6.07) is 7.68. The average molecular weight is 345 g/mol. The predicted octanol–water partition coefficient (Wildman–Crippen LogP) is 3.32. The fraction of sp³-hybridized carbons (Fsp3) is 0.143. The van der Waals surface area contributed by atoms with Crippen LogP contribution in [0.3, 0.4) is 0 Å². The normalized spacial score (nSPS) is 11.1. The van der Waals surface area contributed by atoms with Gasteiger partial charge in [0.1, 0.15) is 12.1 Å². The van der Waals surface area contributed by atoms with Crippen LogP contribution in [-0.2, 0) is 12.3 Å². The number of thioether (sulfide) groups is 1. The average Bonchev–Trinajstić information content (AvgIpc) is 3.34. The van der Waals surface area contributed by atoms with E-state index in [1.54, 1.807) is 23.9 Å². The Bertz CT molecular complexity index is 867. The van der Waals surface area contributed by atoms with Crippen LogP contribution >= 0.6 is 23.1 Å². The minimum absolute atomic E-state index is 0.537. The Hall–Kier alpha value is -2.39. The number of furan rings is 1.